The fourth-order valence-electron chi connectivity index (χ4n) is 2.01. The van der Waals surface area contributed by atoms with Crippen LogP contribution >= 0.6 is 15.9 Å². The minimum absolute atomic E-state index is 0.00435. The Morgan fingerprint density at radius 3 is 2.68 bits per heavy atom. The maximum atomic E-state index is 11.8. The fraction of sp³-hybridized carbons (Fsp3) is 0.176. The van der Waals surface area contributed by atoms with Gasteiger partial charge in [0.1, 0.15) is 5.75 Å². The molecule has 3 N–H and O–H groups in total. The lowest BCUT2D eigenvalue weighted by atomic mass is 10.2. The highest BCUT2D eigenvalue weighted by atomic mass is 79.9. The predicted octanol–water partition coefficient (Wildman–Crippen LogP) is 2.73. The number of methoxy groups -OCH3 is 2. The van der Waals surface area contributed by atoms with Crippen molar-refractivity contribution in [2.45, 2.75) is 0 Å². The largest absolute Gasteiger partial charge is 0.503 e. The second-order valence-corrected chi connectivity index (χ2v) is 5.75. The van der Waals surface area contributed by atoms with Crippen molar-refractivity contribution in [3.63, 3.8) is 0 Å². The second kappa shape index (κ2) is 8.93. The molecule has 2 aromatic rings. The molecule has 0 fully saturated rings. The molecular formula is C17H18BrN3O4. The number of hydrazone groups is 1. The van der Waals surface area contributed by atoms with Gasteiger partial charge in [0.2, 0.25) is 0 Å². The first-order valence-corrected chi connectivity index (χ1v) is 8.09. The number of aromatic hydroxyl groups is 1. The first-order valence-electron chi connectivity index (χ1n) is 7.30. The molecule has 8 heteroatoms. The Morgan fingerprint density at radius 1 is 1.24 bits per heavy atom. The van der Waals surface area contributed by atoms with Crippen LogP contribution < -0.4 is 20.2 Å². The maximum Gasteiger partial charge on any atom is 0.259 e. The summed E-state index contributed by atoms with van der Waals surface area (Å²) in [7, 11) is 3.02. The van der Waals surface area contributed by atoms with Gasteiger partial charge in [-0.15, -0.1) is 0 Å². The number of hydrogen-bond acceptors (Lipinski definition) is 6. The summed E-state index contributed by atoms with van der Waals surface area (Å²) in [4.78, 5) is 11.8. The second-order valence-electron chi connectivity index (χ2n) is 4.90. The Morgan fingerprint density at radius 2 is 1.96 bits per heavy atom. The summed E-state index contributed by atoms with van der Waals surface area (Å²) in [6, 6.07) is 10.6. The van der Waals surface area contributed by atoms with Crippen LogP contribution in [0.2, 0.25) is 0 Å². The predicted molar refractivity (Wildman–Crippen MR) is 99.6 cm³/mol. The minimum Gasteiger partial charge on any atom is -0.503 e. The number of rotatable bonds is 7. The molecule has 0 radical (unpaired) electrons. The molecule has 0 aliphatic rings. The Balaban J connectivity index is 1.91. The number of carbonyl (C=O) groups excluding carboxylic acids is 1. The van der Waals surface area contributed by atoms with Gasteiger partial charge in [0.25, 0.3) is 5.91 Å². The summed E-state index contributed by atoms with van der Waals surface area (Å²) in [5.74, 6) is 0.650. The number of nitrogens with one attached hydrogen (secondary N) is 2. The van der Waals surface area contributed by atoms with E-state index in [0.717, 1.165) is 5.69 Å². The van der Waals surface area contributed by atoms with Crippen molar-refractivity contribution < 1.29 is 19.4 Å². The standard InChI is InChI=1S/C17H18BrN3O4/c1-24-14-6-4-3-5-13(14)19-10-16(22)21-20-9-11-7-12(18)17(23)15(8-11)25-2/h3-9,19,23H,10H2,1-2H3,(H,21,22)/b20-9-. The van der Waals surface area contributed by atoms with E-state index < -0.39 is 0 Å². The van der Waals surface area contributed by atoms with Crippen LogP contribution in [0.25, 0.3) is 0 Å². The quantitative estimate of drug-likeness (QED) is 0.484. The summed E-state index contributed by atoms with van der Waals surface area (Å²) < 4.78 is 10.7. The zero-order valence-corrected chi connectivity index (χ0v) is 15.3. The van der Waals surface area contributed by atoms with Crippen LogP contribution in [0.1, 0.15) is 5.56 Å². The highest BCUT2D eigenvalue weighted by Crippen LogP contribution is 2.34. The van der Waals surface area contributed by atoms with Gasteiger partial charge >= 0.3 is 0 Å². The Hall–Kier alpha value is -2.74. The smallest absolute Gasteiger partial charge is 0.259 e. The number of phenolic OH excluding ortho intramolecular Hbond substituents is 1. The highest BCUT2D eigenvalue weighted by molar-refractivity contribution is 9.10. The van der Waals surface area contributed by atoms with E-state index in [-0.39, 0.29) is 18.2 Å². The molecule has 2 rings (SSSR count). The van der Waals surface area contributed by atoms with Crippen LogP contribution in [0.5, 0.6) is 17.2 Å². The Labute approximate surface area is 153 Å². The lowest BCUT2D eigenvalue weighted by Crippen LogP contribution is -2.26. The monoisotopic (exact) mass is 407 g/mol. The van der Waals surface area contributed by atoms with E-state index in [9.17, 15) is 9.90 Å². The SMILES string of the molecule is COc1ccccc1NCC(=O)N/N=C\c1cc(Br)c(O)c(OC)c1. The van der Waals surface area contributed by atoms with Crippen molar-refractivity contribution in [2.24, 2.45) is 5.10 Å². The molecule has 0 spiro atoms. The molecule has 0 aliphatic heterocycles. The number of amides is 1. The fourth-order valence-corrected chi connectivity index (χ4v) is 2.47. The third-order valence-corrected chi connectivity index (χ3v) is 3.82. The first-order chi connectivity index (χ1) is 12.0. The number of halogens is 1. The molecule has 132 valence electrons. The molecular weight excluding hydrogens is 390 g/mol. The van der Waals surface area contributed by atoms with Crippen LogP contribution in [0.4, 0.5) is 5.69 Å². The van der Waals surface area contributed by atoms with E-state index in [0.29, 0.717) is 21.5 Å². The van der Waals surface area contributed by atoms with Crippen LogP contribution in [-0.4, -0.2) is 38.0 Å². The third-order valence-electron chi connectivity index (χ3n) is 3.22. The number of ether oxygens (including phenoxy) is 2. The highest BCUT2D eigenvalue weighted by Gasteiger charge is 2.08. The first kappa shape index (κ1) is 18.6. The number of anilines is 1. The molecule has 7 nitrogen and oxygen atoms in total. The molecule has 0 unspecified atom stereocenters. The normalized spacial score (nSPS) is 10.5. The number of hydrogen-bond donors (Lipinski definition) is 3. The van der Waals surface area contributed by atoms with Crippen LogP contribution in [0.15, 0.2) is 46.0 Å². The van der Waals surface area contributed by atoms with Gasteiger partial charge in [-0.25, -0.2) is 5.43 Å². The number of phenols is 1. The average molecular weight is 408 g/mol. The molecule has 0 aliphatic carbocycles. The lowest BCUT2D eigenvalue weighted by Gasteiger charge is -2.09. The lowest BCUT2D eigenvalue weighted by molar-refractivity contribution is -0.119. The van der Waals surface area contributed by atoms with Gasteiger partial charge in [-0.2, -0.15) is 5.10 Å². The van der Waals surface area contributed by atoms with E-state index in [1.807, 2.05) is 18.2 Å². The molecule has 0 atom stereocenters. The van der Waals surface area contributed by atoms with Crippen LogP contribution in [0, 0.1) is 0 Å². The van der Waals surface area contributed by atoms with Crippen LogP contribution in [0.3, 0.4) is 0 Å². The topological polar surface area (TPSA) is 92.2 Å². The summed E-state index contributed by atoms with van der Waals surface area (Å²) in [5, 5.41) is 16.6. The van der Waals surface area contributed by atoms with Gasteiger partial charge in [-0.3, -0.25) is 4.79 Å². The average Bonchev–Trinajstić information content (AvgIpc) is 2.62. The number of carbonyl (C=O) groups is 1. The van der Waals surface area contributed by atoms with Gasteiger partial charge in [-0.1, -0.05) is 12.1 Å². The van der Waals surface area contributed by atoms with Gasteiger partial charge in [0.15, 0.2) is 11.5 Å². The van der Waals surface area contributed by atoms with Crippen molar-refractivity contribution in [3.05, 3.63) is 46.4 Å². The van der Waals surface area contributed by atoms with Gasteiger partial charge < -0.3 is 19.9 Å². The van der Waals surface area contributed by atoms with E-state index in [4.69, 9.17) is 9.47 Å². The summed E-state index contributed by atoms with van der Waals surface area (Å²) in [6.45, 7) is 0.0420. The van der Waals surface area contributed by atoms with Gasteiger partial charge in [0.05, 0.1) is 37.1 Å². The Kier molecular flexibility index (Phi) is 6.64. The molecule has 0 saturated heterocycles. The molecule has 0 heterocycles. The number of benzene rings is 2. The van der Waals surface area contributed by atoms with E-state index in [1.54, 1.807) is 25.3 Å². The van der Waals surface area contributed by atoms with Crippen molar-refractivity contribution in [2.75, 3.05) is 26.1 Å². The molecule has 0 aromatic heterocycles. The van der Waals surface area contributed by atoms with Crippen molar-refractivity contribution in [1.82, 2.24) is 5.43 Å². The zero-order valence-electron chi connectivity index (χ0n) is 13.7. The molecule has 25 heavy (non-hydrogen) atoms. The molecule has 1 amide bonds. The number of para-hydroxylation sites is 2. The van der Waals surface area contributed by atoms with Crippen molar-refractivity contribution >= 4 is 33.7 Å². The van der Waals surface area contributed by atoms with Crippen LogP contribution in [-0.2, 0) is 4.79 Å². The summed E-state index contributed by atoms with van der Waals surface area (Å²) in [6.07, 6.45) is 1.45. The maximum absolute atomic E-state index is 11.8. The van der Waals surface area contributed by atoms with Crippen molar-refractivity contribution in [1.29, 1.82) is 0 Å². The van der Waals surface area contributed by atoms with Crippen molar-refractivity contribution in [3.8, 4) is 17.2 Å². The number of nitrogens with zero attached hydrogens (tertiary/aromatic N) is 1. The van der Waals surface area contributed by atoms with E-state index >= 15 is 0 Å². The molecule has 2 aromatic carbocycles. The van der Waals surface area contributed by atoms with Gasteiger partial charge in [-0.05, 0) is 45.8 Å². The van der Waals surface area contributed by atoms with E-state index in [1.165, 1.54) is 13.3 Å². The van der Waals surface area contributed by atoms with E-state index in [2.05, 4.69) is 31.8 Å². The molecule has 0 saturated carbocycles. The molecule has 0 bridgehead atoms. The summed E-state index contributed by atoms with van der Waals surface area (Å²) >= 11 is 3.22. The summed E-state index contributed by atoms with van der Waals surface area (Å²) in [5.41, 5.74) is 3.79. The Bertz CT molecular complexity index is 780. The zero-order chi connectivity index (χ0) is 18.2. The third kappa shape index (κ3) is 5.12. The van der Waals surface area contributed by atoms with Gasteiger partial charge in [0, 0.05) is 0 Å². The minimum atomic E-state index is -0.313.